The first-order valence-electron chi connectivity index (χ1n) is 4.30. The molecule has 0 saturated carbocycles. The van der Waals surface area contributed by atoms with Gasteiger partial charge in [0.2, 0.25) is 0 Å². The summed E-state index contributed by atoms with van der Waals surface area (Å²) < 4.78 is 0. The minimum Gasteiger partial charge on any atom is -0.481 e. The van der Waals surface area contributed by atoms with E-state index in [9.17, 15) is 4.79 Å². The highest BCUT2D eigenvalue weighted by atomic mass is 32.2. The van der Waals surface area contributed by atoms with Gasteiger partial charge in [0.05, 0.1) is 5.41 Å². The molecule has 4 heteroatoms. The number of hydrogen-bond donors (Lipinski definition) is 2. The first kappa shape index (κ1) is 8.38. The number of hydrogen-bond acceptors (Lipinski definition) is 3. The normalized spacial score (nSPS) is 40.8. The molecule has 0 radical (unpaired) electrons. The fourth-order valence-corrected chi connectivity index (χ4v) is 3.54. The van der Waals surface area contributed by atoms with Crippen molar-refractivity contribution in [1.82, 2.24) is 5.32 Å². The van der Waals surface area contributed by atoms with E-state index in [2.05, 4.69) is 5.32 Å². The molecule has 0 aromatic carbocycles. The van der Waals surface area contributed by atoms with Crippen LogP contribution < -0.4 is 5.32 Å². The molecular weight excluding hydrogens is 174 g/mol. The van der Waals surface area contributed by atoms with Crippen LogP contribution in [0.1, 0.15) is 12.8 Å². The maximum Gasteiger partial charge on any atom is 0.312 e. The van der Waals surface area contributed by atoms with E-state index in [1.54, 1.807) is 11.8 Å². The lowest BCUT2D eigenvalue weighted by molar-refractivity contribution is -0.148. The third kappa shape index (κ3) is 1.05. The van der Waals surface area contributed by atoms with E-state index in [1.807, 2.05) is 0 Å². The van der Waals surface area contributed by atoms with E-state index >= 15 is 0 Å². The molecule has 68 valence electrons. The van der Waals surface area contributed by atoms with Crippen LogP contribution in [0.2, 0.25) is 0 Å². The van der Waals surface area contributed by atoms with Crippen LogP contribution in [0.4, 0.5) is 0 Å². The predicted octanol–water partition coefficient (Wildman–Crippen LogP) is 0.556. The zero-order chi connectivity index (χ0) is 8.60. The van der Waals surface area contributed by atoms with Crippen molar-refractivity contribution in [3.63, 3.8) is 0 Å². The lowest BCUT2D eigenvalue weighted by Crippen LogP contribution is -2.47. The molecule has 0 amide bonds. The van der Waals surface area contributed by atoms with Gasteiger partial charge in [0.25, 0.3) is 0 Å². The SMILES string of the molecule is O=C(O)C12CCNC1CCSC2. The third-order valence-corrected chi connectivity index (χ3v) is 4.21. The molecule has 12 heavy (non-hydrogen) atoms. The van der Waals surface area contributed by atoms with Crippen molar-refractivity contribution < 1.29 is 9.90 Å². The van der Waals surface area contributed by atoms with Crippen LogP contribution in [0.5, 0.6) is 0 Å². The van der Waals surface area contributed by atoms with Gasteiger partial charge in [-0.25, -0.2) is 0 Å². The summed E-state index contributed by atoms with van der Waals surface area (Å²) in [6.45, 7) is 0.873. The Kier molecular flexibility index (Phi) is 2.04. The molecule has 2 atom stereocenters. The van der Waals surface area contributed by atoms with Gasteiger partial charge in [-0.2, -0.15) is 11.8 Å². The molecule has 0 bridgehead atoms. The van der Waals surface area contributed by atoms with Gasteiger partial charge >= 0.3 is 5.97 Å². The molecule has 2 N–H and O–H groups in total. The van der Waals surface area contributed by atoms with Crippen molar-refractivity contribution in [3.8, 4) is 0 Å². The van der Waals surface area contributed by atoms with Gasteiger partial charge in [0, 0.05) is 11.8 Å². The molecule has 0 aromatic heterocycles. The van der Waals surface area contributed by atoms with E-state index in [-0.39, 0.29) is 6.04 Å². The summed E-state index contributed by atoms with van der Waals surface area (Å²) >= 11 is 1.78. The largest absolute Gasteiger partial charge is 0.481 e. The minimum absolute atomic E-state index is 0.233. The lowest BCUT2D eigenvalue weighted by atomic mass is 9.81. The van der Waals surface area contributed by atoms with Gasteiger partial charge < -0.3 is 10.4 Å². The zero-order valence-corrected chi connectivity index (χ0v) is 7.69. The highest BCUT2D eigenvalue weighted by molar-refractivity contribution is 7.99. The van der Waals surface area contributed by atoms with Crippen molar-refractivity contribution in [2.45, 2.75) is 18.9 Å². The zero-order valence-electron chi connectivity index (χ0n) is 6.88. The molecule has 2 unspecified atom stereocenters. The molecule has 2 rings (SSSR count). The van der Waals surface area contributed by atoms with Crippen molar-refractivity contribution >= 4 is 17.7 Å². The fraction of sp³-hybridized carbons (Fsp3) is 0.875. The molecule has 2 saturated heterocycles. The average Bonchev–Trinajstić information content (AvgIpc) is 2.48. The van der Waals surface area contributed by atoms with Crippen molar-refractivity contribution in [1.29, 1.82) is 0 Å². The van der Waals surface area contributed by atoms with E-state index in [1.165, 1.54) is 0 Å². The summed E-state index contributed by atoms with van der Waals surface area (Å²) in [6, 6.07) is 0.233. The van der Waals surface area contributed by atoms with Crippen molar-refractivity contribution in [3.05, 3.63) is 0 Å². The van der Waals surface area contributed by atoms with E-state index < -0.39 is 11.4 Å². The number of nitrogens with one attached hydrogen (secondary N) is 1. The Morgan fingerprint density at radius 3 is 3.17 bits per heavy atom. The van der Waals surface area contributed by atoms with Crippen LogP contribution >= 0.6 is 11.8 Å². The van der Waals surface area contributed by atoms with Crippen LogP contribution in [0.25, 0.3) is 0 Å². The maximum absolute atomic E-state index is 11.1. The number of carboxylic acids is 1. The highest BCUT2D eigenvalue weighted by Gasteiger charge is 2.50. The van der Waals surface area contributed by atoms with E-state index in [4.69, 9.17) is 5.11 Å². The molecule has 0 spiro atoms. The van der Waals surface area contributed by atoms with Crippen LogP contribution in [0, 0.1) is 5.41 Å². The average molecular weight is 187 g/mol. The molecule has 2 aliphatic rings. The molecule has 0 aliphatic carbocycles. The quantitative estimate of drug-likeness (QED) is 0.629. The standard InChI is InChI=1S/C8H13NO2S/c10-7(11)8-2-3-9-6(8)1-4-12-5-8/h6,9H,1-5H2,(H,10,11). The van der Waals surface area contributed by atoms with Gasteiger partial charge in [-0.1, -0.05) is 0 Å². The van der Waals surface area contributed by atoms with E-state index in [0.29, 0.717) is 0 Å². The van der Waals surface area contributed by atoms with Crippen LogP contribution in [-0.2, 0) is 4.79 Å². The van der Waals surface area contributed by atoms with Gasteiger partial charge in [-0.05, 0) is 25.1 Å². The van der Waals surface area contributed by atoms with Crippen molar-refractivity contribution in [2.24, 2.45) is 5.41 Å². The van der Waals surface area contributed by atoms with Crippen LogP contribution in [0.3, 0.4) is 0 Å². The summed E-state index contributed by atoms with van der Waals surface area (Å²) in [5.41, 5.74) is -0.442. The second-order valence-electron chi connectivity index (χ2n) is 3.56. The smallest absolute Gasteiger partial charge is 0.312 e. The Morgan fingerprint density at radius 1 is 1.67 bits per heavy atom. The Morgan fingerprint density at radius 2 is 2.50 bits per heavy atom. The van der Waals surface area contributed by atoms with Crippen LogP contribution in [-0.4, -0.2) is 35.2 Å². The van der Waals surface area contributed by atoms with Gasteiger partial charge in [0.1, 0.15) is 0 Å². The lowest BCUT2D eigenvalue weighted by Gasteiger charge is -2.34. The number of carbonyl (C=O) groups is 1. The number of carboxylic acid groups (broad SMARTS) is 1. The molecule has 3 nitrogen and oxygen atoms in total. The molecule has 0 aromatic rings. The van der Waals surface area contributed by atoms with E-state index in [0.717, 1.165) is 30.9 Å². The maximum atomic E-state index is 11.1. The molecule has 2 heterocycles. The summed E-state index contributed by atoms with van der Waals surface area (Å²) in [5, 5.41) is 12.4. The fourth-order valence-electron chi connectivity index (χ4n) is 2.16. The summed E-state index contributed by atoms with van der Waals surface area (Å²) in [7, 11) is 0. The monoisotopic (exact) mass is 187 g/mol. The highest BCUT2D eigenvalue weighted by Crippen LogP contribution is 2.41. The Hall–Kier alpha value is -0.220. The van der Waals surface area contributed by atoms with Gasteiger partial charge in [-0.15, -0.1) is 0 Å². The van der Waals surface area contributed by atoms with Gasteiger partial charge in [-0.3, -0.25) is 4.79 Å². The van der Waals surface area contributed by atoms with Crippen LogP contribution in [0.15, 0.2) is 0 Å². The second kappa shape index (κ2) is 2.92. The second-order valence-corrected chi connectivity index (χ2v) is 4.66. The van der Waals surface area contributed by atoms with Crippen molar-refractivity contribution in [2.75, 3.05) is 18.1 Å². The number of thioether (sulfide) groups is 1. The molecule has 2 fully saturated rings. The minimum atomic E-state index is -0.607. The summed E-state index contributed by atoms with van der Waals surface area (Å²) in [6.07, 6.45) is 1.82. The van der Waals surface area contributed by atoms with Gasteiger partial charge in [0.15, 0.2) is 0 Å². The molecule has 2 aliphatic heterocycles. The molecular formula is C8H13NO2S. The predicted molar refractivity (Wildman–Crippen MR) is 48.4 cm³/mol. The number of fused-ring (bicyclic) bond motifs is 1. The Bertz CT molecular complexity index is 209. The summed E-state index contributed by atoms with van der Waals surface area (Å²) in [5.74, 6) is 1.29. The summed E-state index contributed by atoms with van der Waals surface area (Å²) in [4.78, 5) is 11.1. The Balaban J connectivity index is 2.23. The first-order chi connectivity index (χ1) is 5.76. The first-order valence-corrected chi connectivity index (χ1v) is 5.46. The third-order valence-electron chi connectivity index (χ3n) is 2.97. The Labute approximate surface area is 75.9 Å². The number of aliphatic carboxylic acids is 1. The topological polar surface area (TPSA) is 49.3 Å². The number of rotatable bonds is 1.